The van der Waals surface area contributed by atoms with Crippen LogP contribution in [0.3, 0.4) is 0 Å². The van der Waals surface area contributed by atoms with Gasteiger partial charge in [-0.2, -0.15) is 4.39 Å². The number of methoxy groups -OCH3 is 1. The lowest BCUT2D eigenvalue weighted by Crippen LogP contribution is -1.96. The fourth-order valence-corrected chi connectivity index (χ4v) is 2.56. The van der Waals surface area contributed by atoms with Crippen LogP contribution in [0.5, 0.6) is 5.75 Å². The van der Waals surface area contributed by atoms with Crippen molar-refractivity contribution in [3.63, 3.8) is 0 Å². The maximum absolute atomic E-state index is 14.5. The third kappa shape index (κ3) is 2.87. The van der Waals surface area contributed by atoms with Gasteiger partial charge in [-0.1, -0.05) is 42.0 Å². The fourth-order valence-electron chi connectivity index (χ4n) is 2.56. The molecule has 122 valence electrons. The molecule has 0 radical (unpaired) electrons. The minimum absolute atomic E-state index is 0.00455. The van der Waals surface area contributed by atoms with E-state index in [1.807, 2.05) is 31.2 Å². The van der Waals surface area contributed by atoms with Crippen molar-refractivity contribution >= 4 is 0 Å². The average Bonchev–Trinajstić information content (AvgIpc) is 2.58. The highest BCUT2D eigenvalue weighted by Gasteiger charge is 2.18. The van der Waals surface area contributed by atoms with E-state index >= 15 is 0 Å². The third-order valence-corrected chi connectivity index (χ3v) is 3.91. The fraction of sp³-hybridized carbons (Fsp3) is 0.100. The van der Waals surface area contributed by atoms with Crippen molar-refractivity contribution in [2.24, 2.45) is 0 Å². The van der Waals surface area contributed by atoms with Crippen molar-refractivity contribution in [3.05, 3.63) is 77.6 Å². The van der Waals surface area contributed by atoms with E-state index in [9.17, 15) is 13.2 Å². The minimum atomic E-state index is -1.13. The maximum Gasteiger partial charge on any atom is 0.201 e. The van der Waals surface area contributed by atoms with Gasteiger partial charge in [-0.05, 0) is 36.2 Å². The standard InChI is InChI=1S/C20H15F3O/c1-12-3-5-13(6-4-12)14-7-8-15(17(21)11-14)16-9-10-18(24-2)20(23)19(16)22/h3-11H,1-2H3. The summed E-state index contributed by atoms with van der Waals surface area (Å²) >= 11 is 0. The van der Waals surface area contributed by atoms with E-state index < -0.39 is 17.5 Å². The Morgan fingerprint density at radius 2 is 1.33 bits per heavy atom. The summed E-state index contributed by atoms with van der Waals surface area (Å²) in [6, 6.07) is 14.7. The molecule has 3 rings (SSSR count). The van der Waals surface area contributed by atoms with Crippen LogP contribution in [0.25, 0.3) is 22.3 Å². The zero-order valence-electron chi connectivity index (χ0n) is 13.2. The van der Waals surface area contributed by atoms with E-state index in [4.69, 9.17) is 4.74 Å². The Hall–Kier alpha value is -2.75. The Kier molecular flexibility index (Phi) is 4.30. The molecule has 0 saturated heterocycles. The van der Waals surface area contributed by atoms with Crippen LogP contribution < -0.4 is 4.74 Å². The predicted molar refractivity (Wildman–Crippen MR) is 88.5 cm³/mol. The van der Waals surface area contributed by atoms with Crippen LogP contribution in [0.15, 0.2) is 54.6 Å². The molecule has 0 saturated carbocycles. The van der Waals surface area contributed by atoms with Gasteiger partial charge >= 0.3 is 0 Å². The highest BCUT2D eigenvalue weighted by molar-refractivity contribution is 5.72. The second kappa shape index (κ2) is 6.40. The summed E-state index contributed by atoms with van der Waals surface area (Å²) in [5.74, 6) is -3.09. The second-order valence-corrected chi connectivity index (χ2v) is 5.50. The quantitative estimate of drug-likeness (QED) is 0.594. The van der Waals surface area contributed by atoms with Gasteiger partial charge in [0.25, 0.3) is 0 Å². The van der Waals surface area contributed by atoms with Crippen LogP contribution in [0.4, 0.5) is 13.2 Å². The van der Waals surface area contributed by atoms with E-state index in [0.717, 1.165) is 11.1 Å². The first-order chi connectivity index (χ1) is 11.5. The molecule has 0 aromatic heterocycles. The van der Waals surface area contributed by atoms with Crippen molar-refractivity contribution in [2.75, 3.05) is 7.11 Å². The van der Waals surface area contributed by atoms with Gasteiger partial charge in [0.05, 0.1) is 7.11 Å². The van der Waals surface area contributed by atoms with Crippen LogP contribution >= 0.6 is 0 Å². The van der Waals surface area contributed by atoms with Gasteiger partial charge in [-0.15, -0.1) is 0 Å². The first kappa shape index (κ1) is 16.1. The second-order valence-electron chi connectivity index (χ2n) is 5.50. The smallest absolute Gasteiger partial charge is 0.201 e. The van der Waals surface area contributed by atoms with Gasteiger partial charge in [0.2, 0.25) is 5.82 Å². The summed E-state index contributed by atoms with van der Waals surface area (Å²) in [4.78, 5) is 0. The SMILES string of the molecule is COc1ccc(-c2ccc(-c3ccc(C)cc3)cc2F)c(F)c1F. The maximum atomic E-state index is 14.5. The van der Waals surface area contributed by atoms with Gasteiger partial charge in [-0.3, -0.25) is 0 Å². The monoisotopic (exact) mass is 328 g/mol. The largest absolute Gasteiger partial charge is 0.494 e. The number of ether oxygens (including phenoxy) is 1. The topological polar surface area (TPSA) is 9.23 Å². The lowest BCUT2D eigenvalue weighted by molar-refractivity contribution is 0.372. The first-order valence-electron chi connectivity index (χ1n) is 7.40. The van der Waals surface area contributed by atoms with Gasteiger partial charge in [0.15, 0.2) is 11.6 Å². The number of benzene rings is 3. The number of aryl methyl sites for hydroxylation is 1. The molecule has 0 amide bonds. The Balaban J connectivity index is 2.05. The Bertz CT molecular complexity index is 886. The van der Waals surface area contributed by atoms with Crippen molar-refractivity contribution in [2.45, 2.75) is 6.92 Å². The van der Waals surface area contributed by atoms with Gasteiger partial charge < -0.3 is 4.74 Å². The predicted octanol–water partition coefficient (Wildman–Crippen LogP) is 5.75. The number of halogens is 3. The van der Waals surface area contributed by atoms with E-state index in [0.29, 0.717) is 5.56 Å². The lowest BCUT2D eigenvalue weighted by atomic mass is 9.98. The van der Waals surface area contributed by atoms with Gasteiger partial charge in [-0.25, -0.2) is 8.78 Å². The molecule has 24 heavy (non-hydrogen) atoms. The number of hydrogen-bond acceptors (Lipinski definition) is 1. The first-order valence-corrected chi connectivity index (χ1v) is 7.40. The van der Waals surface area contributed by atoms with Gasteiger partial charge in [0.1, 0.15) is 5.82 Å². The molecule has 1 nitrogen and oxygen atoms in total. The lowest BCUT2D eigenvalue weighted by Gasteiger charge is -2.10. The summed E-state index contributed by atoms with van der Waals surface area (Å²) in [6.07, 6.45) is 0. The zero-order chi connectivity index (χ0) is 17.3. The summed E-state index contributed by atoms with van der Waals surface area (Å²) < 4.78 is 47.2. The average molecular weight is 328 g/mol. The summed E-state index contributed by atoms with van der Waals surface area (Å²) in [5, 5.41) is 0. The Morgan fingerprint density at radius 3 is 1.96 bits per heavy atom. The molecule has 3 aromatic rings. The van der Waals surface area contributed by atoms with Crippen molar-refractivity contribution in [3.8, 4) is 28.0 Å². The summed E-state index contributed by atoms with van der Waals surface area (Å²) in [7, 11) is 1.24. The number of hydrogen-bond donors (Lipinski definition) is 0. The zero-order valence-corrected chi connectivity index (χ0v) is 13.2. The van der Waals surface area contributed by atoms with Crippen LogP contribution in [-0.4, -0.2) is 7.11 Å². The van der Waals surface area contributed by atoms with E-state index in [-0.39, 0.29) is 16.9 Å². The number of rotatable bonds is 3. The molecule has 0 N–H and O–H groups in total. The molecule has 0 atom stereocenters. The highest BCUT2D eigenvalue weighted by Crippen LogP contribution is 2.33. The molecule has 0 aliphatic heterocycles. The Labute approximate surface area is 138 Å². The summed E-state index contributed by atoms with van der Waals surface area (Å²) in [5.41, 5.74) is 2.50. The highest BCUT2D eigenvalue weighted by atomic mass is 19.2. The molecule has 0 fully saturated rings. The van der Waals surface area contributed by atoms with Gasteiger partial charge in [0, 0.05) is 11.1 Å². The molecular weight excluding hydrogens is 313 g/mol. The van der Waals surface area contributed by atoms with Crippen LogP contribution in [0.1, 0.15) is 5.56 Å². The molecule has 0 aliphatic rings. The third-order valence-electron chi connectivity index (χ3n) is 3.91. The van der Waals surface area contributed by atoms with E-state index in [2.05, 4.69) is 0 Å². The minimum Gasteiger partial charge on any atom is -0.494 e. The molecule has 3 aromatic carbocycles. The molecule has 0 aliphatic carbocycles. The van der Waals surface area contributed by atoms with Crippen molar-refractivity contribution in [1.82, 2.24) is 0 Å². The molecular formula is C20H15F3O. The molecule has 0 unspecified atom stereocenters. The van der Waals surface area contributed by atoms with Crippen LogP contribution in [-0.2, 0) is 0 Å². The molecule has 0 spiro atoms. The molecule has 0 heterocycles. The van der Waals surface area contributed by atoms with E-state index in [1.165, 1.54) is 31.4 Å². The van der Waals surface area contributed by atoms with Crippen LogP contribution in [0.2, 0.25) is 0 Å². The van der Waals surface area contributed by atoms with Crippen LogP contribution in [0, 0.1) is 24.4 Å². The normalized spacial score (nSPS) is 10.7. The van der Waals surface area contributed by atoms with Crippen molar-refractivity contribution < 1.29 is 17.9 Å². The van der Waals surface area contributed by atoms with E-state index in [1.54, 1.807) is 6.07 Å². The van der Waals surface area contributed by atoms with Crippen molar-refractivity contribution in [1.29, 1.82) is 0 Å². The molecule has 0 bridgehead atoms. The Morgan fingerprint density at radius 1 is 0.708 bits per heavy atom. The summed E-state index contributed by atoms with van der Waals surface area (Å²) in [6.45, 7) is 1.97. The molecule has 4 heteroatoms.